The second-order valence-electron chi connectivity index (χ2n) is 21.3. The summed E-state index contributed by atoms with van der Waals surface area (Å²) in [5.74, 6) is 4.63. The van der Waals surface area contributed by atoms with Gasteiger partial charge in [-0.25, -0.2) is 0 Å². The zero-order chi connectivity index (χ0) is 45.0. The number of hydrogen-bond acceptors (Lipinski definition) is 9. The van der Waals surface area contributed by atoms with Crippen molar-refractivity contribution in [2.24, 2.45) is 46.3 Å². The molecule has 10 heteroatoms. The maximum absolute atomic E-state index is 13.0. The van der Waals surface area contributed by atoms with E-state index in [0.717, 1.165) is 123 Å². The van der Waals surface area contributed by atoms with E-state index in [2.05, 4.69) is 103 Å². The molecule has 0 unspecified atom stereocenters. The molecule has 4 aliphatic carbocycles. The number of carbonyl (C=O) groups excluding carboxylic acids is 2. The molecule has 1 amide bonds. The van der Waals surface area contributed by atoms with Crippen molar-refractivity contribution in [1.29, 1.82) is 0 Å². The molecule has 2 heterocycles. The number of hydrogen-bond donors (Lipinski definition) is 3. The van der Waals surface area contributed by atoms with Gasteiger partial charge in [0.05, 0.1) is 17.8 Å². The third kappa shape index (κ3) is 13.3. The Bertz CT molecular complexity index is 1800. The highest BCUT2D eigenvalue weighted by atomic mass is 16.5. The smallest absolute Gasteiger partial charge is 0.306 e. The molecule has 0 radical (unpaired) electrons. The molecule has 63 heavy (non-hydrogen) atoms. The van der Waals surface area contributed by atoms with Crippen LogP contribution in [0.2, 0.25) is 0 Å². The number of fused-ring (bicyclic) bond motifs is 5. The van der Waals surface area contributed by atoms with Gasteiger partial charge in [0.15, 0.2) is 0 Å². The van der Waals surface area contributed by atoms with Gasteiger partial charge in [-0.3, -0.25) is 29.4 Å². The van der Waals surface area contributed by atoms with E-state index < -0.39 is 0 Å². The second kappa shape index (κ2) is 23.1. The van der Waals surface area contributed by atoms with Gasteiger partial charge in [0.25, 0.3) is 0 Å². The Balaban J connectivity index is 0.836. The van der Waals surface area contributed by atoms with Crippen LogP contribution in [0.5, 0.6) is 0 Å². The number of nitrogens with one attached hydrogen (secondary N) is 3. The van der Waals surface area contributed by atoms with E-state index in [-0.39, 0.29) is 36.2 Å². The topological polar surface area (TPSA) is 112 Å². The number of amides is 1. The number of nitrogens with zero attached hydrogens (tertiary/aromatic N) is 4. The summed E-state index contributed by atoms with van der Waals surface area (Å²) in [4.78, 5) is 39.4. The van der Waals surface area contributed by atoms with Crippen molar-refractivity contribution in [1.82, 2.24) is 25.1 Å². The summed E-state index contributed by atoms with van der Waals surface area (Å²) in [6.07, 6.45) is 23.4. The molecule has 3 fully saturated rings. The number of aromatic nitrogens is 2. The molecule has 4 aliphatic rings. The lowest BCUT2D eigenvalue weighted by Crippen LogP contribution is -2.48. The number of carbonyl (C=O) groups is 2. The summed E-state index contributed by atoms with van der Waals surface area (Å²) in [5, 5.41) is 9.71. The van der Waals surface area contributed by atoms with Gasteiger partial charge in [-0.2, -0.15) is 0 Å². The number of esters is 1. The van der Waals surface area contributed by atoms with E-state index in [4.69, 9.17) is 4.74 Å². The van der Waals surface area contributed by atoms with Crippen LogP contribution >= 0.6 is 0 Å². The monoisotopic (exact) mass is 868 g/mol. The lowest BCUT2D eigenvalue weighted by molar-refractivity contribution is -0.152. The Labute approximate surface area is 382 Å². The average Bonchev–Trinajstić information content (AvgIpc) is 3.54. The Morgan fingerprint density at radius 2 is 1.52 bits per heavy atom. The molecule has 6 rings (SSSR count). The third-order valence-electron chi connectivity index (χ3n) is 16.3. The van der Waals surface area contributed by atoms with E-state index in [1.165, 1.54) is 57.8 Å². The van der Waals surface area contributed by atoms with Crippen molar-refractivity contribution in [2.75, 3.05) is 58.0 Å². The largest absolute Gasteiger partial charge is 0.462 e. The van der Waals surface area contributed by atoms with Crippen molar-refractivity contribution in [3.8, 4) is 0 Å². The zero-order valence-corrected chi connectivity index (χ0v) is 40.7. The first-order chi connectivity index (χ1) is 30.3. The number of anilines is 2. The minimum Gasteiger partial charge on any atom is -0.462 e. The van der Waals surface area contributed by atoms with Gasteiger partial charge in [-0.05, 0) is 149 Å². The van der Waals surface area contributed by atoms with Crippen LogP contribution in [-0.2, 0) is 27.4 Å². The van der Waals surface area contributed by atoms with Crippen LogP contribution < -0.4 is 16.0 Å². The summed E-state index contributed by atoms with van der Waals surface area (Å²) in [6, 6.07) is 8.19. The van der Waals surface area contributed by atoms with Crippen molar-refractivity contribution in [3.05, 3.63) is 59.7 Å². The van der Waals surface area contributed by atoms with Crippen LogP contribution in [-0.4, -0.2) is 85.1 Å². The Morgan fingerprint density at radius 1 is 0.825 bits per heavy atom. The second-order valence-corrected chi connectivity index (χ2v) is 21.3. The lowest BCUT2D eigenvalue weighted by Gasteiger charge is -2.55. The number of rotatable bonds is 23. The maximum atomic E-state index is 13.0. The van der Waals surface area contributed by atoms with Gasteiger partial charge >= 0.3 is 5.97 Å². The first-order valence-electron chi connectivity index (χ1n) is 25.1. The highest BCUT2D eigenvalue weighted by Crippen LogP contribution is 2.67. The molecule has 8 atom stereocenters. The predicted molar refractivity (Wildman–Crippen MR) is 258 cm³/mol. The van der Waals surface area contributed by atoms with Gasteiger partial charge in [0.2, 0.25) is 5.91 Å². The molecule has 0 spiro atoms. The normalized spacial score (nSPS) is 27.2. The lowest BCUT2D eigenvalue weighted by atomic mass is 9.49. The van der Waals surface area contributed by atoms with E-state index in [0.29, 0.717) is 12.0 Å². The van der Waals surface area contributed by atoms with Crippen molar-refractivity contribution < 1.29 is 14.3 Å². The highest BCUT2D eigenvalue weighted by molar-refractivity contribution is 5.81. The molecular weight excluding hydrogens is 783 g/mol. The molecule has 0 saturated heterocycles. The standard InChI is InChI=1S/C53H85N7O3/c1-38(2)13-11-14-39(3)47-17-18-48-46-16-12-15-40-33-45(21-25-52(40,4)49(46)22-26-53(47,48)5)63-51(62)20-19-50(61)58-28-10-9-27-55-42-24-30-57-44(35-42)37-60(8)32-31-59(7)36-43-34-41(54-6)23-29-56-43/h15,23-24,29-30,34-35,38-39,45-49H,9-14,16-22,25-28,31-33,36-37H2,1-8H3,(H,54,56)(H,55,57)(H,58,61)/t39-,45+,46-,47-,48+,49+,52+,53-/m1/s1. The van der Waals surface area contributed by atoms with Crippen molar-refractivity contribution in [2.45, 2.75) is 157 Å². The van der Waals surface area contributed by atoms with Crippen molar-refractivity contribution in [3.63, 3.8) is 0 Å². The van der Waals surface area contributed by atoms with Crippen molar-refractivity contribution >= 4 is 23.3 Å². The Morgan fingerprint density at radius 3 is 2.24 bits per heavy atom. The summed E-state index contributed by atoms with van der Waals surface area (Å²) < 4.78 is 6.08. The Kier molecular flexibility index (Phi) is 17.9. The molecule has 350 valence electrons. The maximum Gasteiger partial charge on any atom is 0.306 e. The highest BCUT2D eigenvalue weighted by Gasteiger charge is 2.58. The zero-order valence-electron chi connectivity index (χ0n) is 40.7. The molecule has 2 aromatic heterocycles. The number of pyridine rings is 2. The number of likely N-dealkylation sites (N-methyl/N-ethyl adjacent to an activating group) is 2. The number of allylic oxidation sites excluding steroid dienone is 1. The summed E-state index contributed by atoms with van der Waals surface area (Å²) in [5.41, 5.74) is 6.49. The molecule has 3 saturated carbocycles. The minimum absolute atomic E-state index is 0.0691. The first kappa shape index (κ1) is 48.9. The van der Waals surface area contributed by atoms with Crippen LogP contribution in [0.15, 0.2) is 48.3 Å². The SMILES string of the molecule is CNc1ccnc(CN(C)CCN(C)Cc2cc(NCCCCNC(=O)CCC(=O)O[C@H]3CC[C@@]4(C)C(=CCC[C@@H]5[C@@H]6CC[C@H]([C@H](C)CCCC(C)C)[C@@]6(C)CC[C@@H]54)C3)ccn2)c1. The van der Waals surface area contributed by atoms with Crippen LogP contribution in [0.3, 0.4) is 0 Å². The summed E-state index contributed by atoms with van der Waals surface area (Å²) >= 11 is 0. The molecule has 2 aromatic rings. The number of ether oxygens (including phenoxy) is 1. The van der Waals surface area contributed by atoms with Gasteiger partial charge in [0.1, 0.15) is 6.10 Å². The fraction of sp³-hybridized carbons (Fsp3) is 0.736. The molecule has 10 nitrogen and oxygen atoms in total. The molecule has 0 bridgehead atoms. The van der Waals surface area contributed by atoms with Crippen LogP contribution in [0.4, 0.5) is 11.4 Å². The molecular formula is C53H85N7O3. The molecule has 0 aliphatic heterocycles. The quantitative estimate of drug-likeness (QED) is 0.0571. The van der Waals surface area contributed by atoms with Gasteiger partial charge in [-0.1, -0.05) is 65.5 Å². The van der Waals surface area contributed by atoms with Crippen LogP contribution in [0.1, 0.15) is 149 Å². The van der Waals surface area contributed by atoms with E-state index in [1.54, 1.807) is 5.57 Å². The van der Waals surface area contributed by atoms with Gasteiger partial charge < -0.3 is 20.7 Å². The van der Waals surface area contributed by atoms with Gasteiger partial charge in [0, 0.05) is 82.9 Å². The summed E-state index contributed by atoms with van der Waals surface area (Å²) in [7, 11) is 6.18. The first-order valence-corrected chi connectivity index (χ1v) is 25.1. The van der Waals surface area contributed by atoms with E-state index in [9.17, 15) is 9.59 Å². The average molecular weight is 868 g/mol. The fourth-order valence-electron chi connectivity index (χ4n) is 12.7. The fourth-order valence-corrected chi connectivity index (χ4v) is 12.7. The predicted octanol–water partition coefficient (Wildman–Crippen LogP) is 10.5. The Hall–Kier alpha value is -3.50. The molecule has 3 N–H and O–H groups in total. The summed E-state index contributed by atoms with van der Waals surface area (Å²) in [6.45, 7) is 17.4. The van der Waals surface area contributed by atoms with Crippen LogP contribution in [0, 0.1) is 46.3 Å². The van der Waals surface area contributed by atoms with Gasteiger partial charge in [-0.15, -0.1) is 0 Å². The third-order valence-corrected chi connectivity index (χ3v) is 16.3. The van der Waals surface area contributed by atoms with E-state index in [1.807, 2.05) is 31.6 Å². The number of unbranched alkanes of at least 4 members (excludes halogenated alkanes) is 1. The van der Waals surface area contributed by atoms with E-state index >= 15 is 0 Å². The van der Waals surface area contributed by atoms with Crippen LogP contribution in [0.25, 0.3) is 0 Å². The molecule has 0 aromatic carbocycles. The minimum atomic E-state index is -0.234.